The normalized spacial score (nSPS) is 10.0. The molecular formula is C28H41N5O2S. The molecule has 2 heterocycles. The minimum absolute atomic E-state index is 0.121. The minimum atomic E-state index is -0.121. The molecule has 0 atom stereocenters. The number of hydrogen-bond donors (Lipinski definition) is 4. The number of benzene rings is 1. The molecule has 3 rings (SSSR count). The summed E-state index contributed by atoms with van der Waals surface area (Å²) < 4.78 is 3.36. The first-order valence-electron chi connectivity index (χ1n) is 12.3. The average Bonchev–Trinajstić information content (AvgIpc) is 2.88. The smallest absolute Gasteiger partial charge is 0.249 e. The summed E-state index contributed by atoms with van der Waals surface area (Å²) in [6.45, 7) is 12.7. The third-order valence-corrected chi connectivity index (χ3v) is 5.74. The van der Waals surface area contributed by atoms with Gasteiger partial charge in [0.25, 0.3) is 0 Å². The second kappa shape index (κ2) is 16.5. The van der Waals surface area contributed by atoms with Crippen LogP contribution >= 0.6 is 11.9 Å². The lowest BCUT2D eigenvalue weighted by Crippen LogP contribution is -2.10. The van der Waals surface area contributed by atoms with Gasteiger partial charge in [0.15, 0.2) is 0 Å². The van der Waals surface area contributed by atoms with E-state index in [4.69, 9.17) is 0 Å². The van der Waals surface area contributed by atoms with Gasteiger partial charge in [-0.25, -0.2) is 4.98 Å². The molecule has 0 amide bonds. The molecule has 0 aliphatic rings. The Bertz CT molecular complexity index is 1150. The van der Waals surface area contributed by atoms with E-state index >= 15 is 0 Å². The quantitative estimate of drug-likeness (QED) is 0.161. The maximum Gasteiger partial charge on any atom is 0.249 e. The Balaban J connectivity index is 0.000000826. The van der Waals surface area contributed by atoms with Crippen LogP contribution in [-0.2, 0) is 4.79 Å². The summed E-state index contributed by atoms with van der Waals surface area (Å²) in [5.74, 6) is 1.96. The number of carbonyl (C=O) groups excluding carboxylic acids is 1. The standard InChI is InChI=1S/C22H27N5OS.C4H8O.C2H6/c1-14-9-17(27-29-8-7-23-3)5-6-18(14)20-10-16(11-22(28)26-20)19-12-21(24-4)25-13-15(19)2;1-4(2)3-5;1-2/h5-6,9-13,23,27H,7-8H2,1-4H3,(H,24,25)(H,26,28);3-4H,1-2H3;1-2H3. The molecule has 36 heavy (non-hydrogen) atoms. The second-order valence-electron chi connectivity index (χ2n) is 8.25. The Kier molecular flexibility index (Phi) is 14.2. The van der Waals surface area contributed by atoms with E-state index < -0.39 is 0 Å². The number of aryl methyl sites for hydroxylation is 2. The van der Waals surface area contributed by atoms with Crippen LogP contribution in [0.5, 0.6) is 0 Å². The molecule has 0 aliphatic heterocycles. The molecule has 4 N–H and O–H groups in total. The monoisotopic (exact) mass is 511 g/mol. The zero-order valence-electron chi connectivity index (χ0n) is 22.8. The van der Waals surface area contributed by atoms with Crippen molar-refractivity contribution in [3.63, 3.8) is 0 Å². The van der Waals surface area contributed by atoms with Gasteiger partial charge in [-0.15, -0.1) is 0 Å². The third kappa shape index (κ3) is 9.87. The van der Waals surface area contributed by atoms with Crippen molar-refractivity contribution in [3.8, 4) is 22.4 Å². The van der Waals surface area contributed by atoms with Crippen LogP contribution in [0.3, 0.4) is 0 Å². The van der Waals surface area contributed by atoms with Crippen LogP contribution < -0.4 is 20.9 Å². The van der Waals surface area contributed by atoms with Crippen molar-refractivity contribution in [1.82, 2.24) is 15.3 Å². The van der Waals surface area contributed by atoms with Gasteiger partial charge in [-0.2, -0.15) is 0 Å². The Labute approximate surface area is 220 Å². The SMILES string of the molecule is CC.CC(C)C=O.CNCCSNc1ccc(-c2cc(-c3cc(NC)ncc3C)cc(=O)[nH]2)c(C)c1. The topological polar surface area (TPSA) is 98.9 Å². The van der Waals surface area contributed by atoms with Crippen molar-refractivity contribution in [2.45, 2.75) is 41.5 Å². The molecule has 0 bridgehead atoms. The van der Waals surface area contributed by atoms with E-state index in [9.17, 15) is 9.59 Å². The van der Waals surface area contributed by atoms with E-state index in [0.29, 0.717) is 0 Å². The van der Waals surface area contributed by atoms with Crippen LogP contribution in [0.15, 0.2) is 47.4 Å². The zero-order valence-corrected chi connectivity index (χ0v) is 23.6. The fraction of sp³-hybridized carbons (Fsp3) is 0.393. The van der Waals surface area contributed by atoms with Gasteiger partial charge in [0, 0.05) is 54.5 Å². The number of H-pyrrole nitrogens is 1. The van der Waals surface area contributed by atoms with E-state index in [1.807, 2.05) is 79.2 Å². The highest BCUT2D eigenvalue weighted by Crippen LogP contribution is 2.30. The predicted octanol–water partition coefficient (Wildman–Crippen LogP) is 5.91. The molecule has 3 aromatic rings. The van der Waals surface area contributed by atoms with Crippen molar-refractivity contribution in [1.29, 1.82) is 0 Å². The van der Waals surface area contributed by atoms with Crippen LogP contribution in [-0.4, -0.2) is 42.6 Å². The van der Waals surface area contributed by atoms with Crippen molar-refractivity contribution >= 4 is 29.7 Å². The number of carbonyl (C=O) groups is 1. The summed E-state index contributed by atoms with van der Waals surface area (Å²) in [5, 5.41) is 6.18. The highest BCUT2D eigenvalue weighted by Gasteiger charge is 2.10. The van der Waals surface area contributed by atoms with Crippen molar-refractivity contribution < 1.29 is 4.79 Å². The molecule has 0 fully saturated rings. The summed E-state index contributed by atoms with van der Waals surface area (Å²) in [4.78, 5) is 29.2. The number of aldehydes is 1. The third-order valence-electron chi connectivity index (χ3n) is 4.95. The lowest BCUT2D eigenvalue weighted by Gasteiger charge is -2.13. The number of aromatic nitrogens is 2. The van der Waals surface area contributed by atoms with Crippen LogP contribution in [0.25, 0.3) is 22.4 Å². The van der Waals surface area contributed by atoms with Gasteiger partial charge in [0.05, 0.1) is 0 Å². The van der Waals surface area contributed by atoms with Gasteiger partial charge in [-0.05, 0) is 67.4 Å². The van der Waals surface area contributed by atoms with Crippen LogP contribution in [0, 0.1) is 19.8 Å². The molecule has 1 aromatic carbocycles. The minimum Gasteiger partial charge on any atom is -0.373 e. The number of rotatable bonds is 9. The lowest BCUT2D eigenvalue weighted by atomic mass is 9.99. The summed E-state index contributed by atoms with van der Waals surface area (Å²) in [5.41, 5.74) is 6.74. The van der Waals surface area contributed by atoms with E-state index in [1.54, 1.807) is 18.0 Å². The Morgan fingerprint density at radius 1 is 1.03 bits per heavy atom. The highest BCUT2D eigenvalue weighted by molar-refractivity contribution is 8.00. The van der Waals surface area contributed by atoms with E-state index in [-0.39, 0.29) is 11.5 Å². The van der Waals surface area contributed by atoms with Gasteiger partial charge in [0.2, 0.25) is 5.56 Å². The summed E-state index contributed by atoms with van der Waals surface area (Å²) >= 11 is 1.67. The zero-order chi connectivity index (χ0) is 27.1. The Morgan fingerprint density at radius 3 is 2.31 bits per heavy atom. The van der Waals surface area contributed by atoms with E-state index in [0.717, 1.165) is 63.6 Å². The molecule has 8 heteroatoms. The summed E-state index contributed by atoms with van der Waals surface area (Å²) in [6, 6.07) is 11.8. The number of hydrogen-bond acceptors (Lipinski definition) is 7. The Morgan fingerprint density at radius 2 is 1.72 bits per heavy atom. The van der Waals surface area contributed by atoms with Crippen molar-refractivity contribution in [3.05, 3.63) is 64.1 Å². The number of anilines is 2. The molecule has 0 radical (unpaired) electrons. The largest absolute Gasteiger partial charge is 0.373 e. The lowest BCUT2D eigenvalue weighted by molar-refractivity contribution is -0.110. The predicted molar refractivity (Wildman–Crippen MR) is 157 cm³/mol. The average molecular weight is 512 g/mol. The van der Waals surface area contributed by atoms with Gasteiger partial charge in [0.1, 0.15) is 12.1 Å². The van der Waals surface area contributed by atoms with Crippen LogP contribution in [0.1, 0.15) is 38.8 Å². The molecule has 2 aromatic heterocycles. The number of pyridine rings is 2. The fourth-order valence-electron chi connectivity index (χ4n) is 3.13. The molecule has 7 nitrogen and oxygen atoms in total. The molecule has 0 saturated carbocycles. The number of aromatic amines is 1. The molecule has 0 aliphatic carbocycles. The van der Waals surface area contributed by atoms with Gasteiger partial charge in [-0.3, -0.25) is 4.79 Å². The maximum atomic E-state index is 12.4. The first-order chi connectivity index (χ1) is 17.3. The molecule has 0 spiro atoms. The maximum absolute atomic E-state index is 12.4. The number of nitrogens with one attached hydrogen (secondary N) is 4. The molecule has 0 unspecified atom stereocenters. The van der Waals surface area contributed by atoms with Crippen LogP contribution in [0.4, 0.5) is 11.5 Å². The molecule has 0 saturated heterocycles. The van der Waals surface area contributed by atoms with E-state index in [1.165, 1.54) is 0 Å². The van der Waals surface area contributed by atoms with Gasteiger partial charge < -0.3 is 25.1 Å². The molecule has 196 valence electrons. The van der Waals surface area contributed by atoms with Crippen LogP contribution in [0.2, 0.25) is 0 Å². The fourth-order valence-corrected chi connectivity index (χ4v) is 3.83. The summed E-state index contributed by atoms with van der Waals surface area (Å²) in [6.07, 6.45) is 2.74. The highest BCUT2D eigenvalue weighted by atomic mass is 32.2. The second-order valence-corrected chi connectivity index (χ2v) is 9.15. The van der Waals surface area contributed by atoms with E-state index in [2.05, 4.69) is 38.3 Å². The van der Waals surface area contributed by atoms with Gasteiger partial charge in [-0.1, -0.05) is 45.7 Å². The van der Waals surface area contributed by atoms with Crippen molar-refractivity contribution in [2.24, 2.45) is 5.92 Å². The number of nitrogens with zero attached hydrogens (tertiary/aromatic N) is 1. The first kappa shape index (κ1) is 30.9. The van der Waals surface area contributed by atoms with Gasteiger partial charge >= 0.3 is 0 Å². The Hall–Kier alpha value is -3.10. The van der Waals surface area contributed by atoms with Crippen molar-refractivity contribution in [2.75, 3.05) is 36.4 Å². The molecular weight excluding hydrogens is 470 g/mol. The first-order valence-corrected chi connectivity index (χ1v) is 13.3. The summed E-state index contributed by atoms with van der Waals surface area (Å²) in [7, 11) is 3.78.